The van der Waals surface area contributed by atoms with E-state index in [1.54, 1.807) is 0 Å². The molecule has 0 amide bonds. The summed E-state index contributed by atoms with van der Waals surface area (Å²) in [6, 6.07) is 7.41. The predicted molar refractivity (Wildman–Crippen MR) is 108 cm³/mol. The zero-order valence-corrected chi connectivity index (χ0v) is 17.0. The fraction of sp³-hybridized carbons (Fsp3) is 0.650. The van der Waals surface area contributed by atoms with Crippen molar-refractivity contribution in [1.29, 1.82) is 0 Å². The van der Waals surface area contributed by atoms with Gasteiger partial charge in [-0.2, -0.15) is 0 Å². The Morgan fingerprint density at radius 1 is 1.30 bits per heavy atom. The summed E-state index contributed by atoms with van der Waals surface area (Å²) < 4.78 is 17.7. The summed E-state index contributed by atoms with van der Waals surface area (Å²) in [7, 11) is 0. The number of benzene rings is 1. The van der Waals surface area contributed by atoms with Gasteiger partial charge < -0.3 is 24.4 Å². The molecular formula is C20H30ClN3O3. The molecule has 0 aromatic heterocycles. The van der Waals surface area contributed by atoms with Crippen LogP contribution in [0.4, 0.5) is 0 Å². The topological polar surface area (TPSA) is 55.3 Å². The van der Waals surface area contributed by atoms with Gasteiger partial charge in [0.1, 0.15) is 18.0 Å². The van der Waals surface area contributed by atoms with Crippen molar-refractivity contribution in [2.75, 3.05) is 39.4 Å². The highest BCUT2D eigenvalue weighted by Gasteiger charge is 2.32. The van der Waals surface area contributed by atoms with Crippen molar-refractivity contribution in [2.24, 2.45) is 4.99 Å². The second-order valence-corrected chi connectivity index (χ2v) is 7.42. The van der Waals surface area contributed by atoms with Gasteiger partial charge in [0.15, 0.2) is 5.96 Å². The van der Waals surface area contributed by atoms with Crippen LogP contribution in [-0.4, -0.2) is 68.6 Å². The van der Waals surface area contributed by atoms with Crippen LogP contribution in [0.25, 0.3) is 0 Å². The Bertz CT molecular complexity index is 605. The van der Waals surface area contributed by atoms with Gasteiger partial charge in [-0.3, -0.25) is 0 Å². The lowest BCUT2D eigenvalue weighted by Crippen LogP contribution is -2.53. The van der Waals surface area contributed by atoms with E-state index in [9.17, 15) is 0 Å². The van der Waals surface area contributed by atoms with E-state index in [1.807, 2.05) is 31.2 Å². The van der Waals surface area contributed by atoms with Crippen LogP contribution in [0, 0.1) is 0 Å². The molecule has 2 aliphatic heterocycles. The third-order valence-corrected chi connectivity index (χ3v) is 5.01. The summed E-state index contributed by atoms with van der Waals surface area (Å²) >= 11 is 5.92. The third kappa shape index (κ3) is 5.99. The van der Waals surface area contributed by atoms with Crippen molar-refractivity contribution < 1.29 is 14.2 Å². The van der Waals surface area contributed by atoms with E-state index >= 15 is 0 Å². The van der Waals surface area contributed by atoms with Crippen LogP contribution < -0.4 is 10.1 Å². The van der Waals surface area contributed by atoms with Crippen molar-refractivity contribution in [3.05, 3.63) is 29.3 Å². The molecule has 3 atom stereocenters. The molecule has 6 nitrogen and oxygen atoms in total. The van der Waals surface area contributed by atoms with Gasteiger partial charge in [-0.05, 0) is 51.0 Å². The van der Waals surface area contributed by atoms with Gasteiger partial charge in [-0.25, -0.2) is 4.99 Å². The molecule has 150 valence electrons. The number of morpholine rings is 1. The molecule has 0 aliphatic carbocycles. The van der Waals surface area contributed by atoms with Crippen LogP contribution in [0.2, 0.25) is 5.02 Å². The summed E-state index contributed by atoms with van der Waals surface area (Å²) in [5.41, 5.74) is 0. The smallest absolute Gasteiger partial charge is 0.194 e. The van der Waals surface area contributed by atoms with Gasteiger partial charge >= 0.3 is 0 Å². The Morgan fingerprint density at radius 2 is 2.07 bits per heavy atom. The standard InChI is InChI=1S/C20H30ClN3O3/c1-3-22-20(23-13-15(2)27-17-8-6-16(21)7-9-17)24-10-12-26-19(14-24)18-5-4-11-25-18/h6-9,15,18-19H,3-5,10-14H2,1-2H3,(H,22,23). The van der Waals surface area contributed by atoms with Crippen molar-refractivity contribution in [3.8, 4) is 5.75 Å². The maximum absolute atomic E-state index is 5.95. The Kier molecular flexibility index (Phi) is 7.61. The number of aliphatic imine (C=N–C) groups is 1. The lowest BCUT2D eigenvalue weighted by molar-refractivity contribution is -0.0817. The average molecular weight is 396 g/mol. The summed E-state index contributed by atoms with van der Waals surface area (Å²) in [5, 5.41) is 4.10. The van der Waals surface area contributed by atoms with Crippen LogP contribution in [0.1, 0.15) is 26.7 Å². The van der Waals surface area contributed by atoms with E-state index in [-0.39, 0.29) is 18.3 Å². The molecule has 7 heteroatoms. The highest BCUT2D eigenvalue weighted by Crippen LogP contribution is 2.21. The quantitative estimate of drug-likeness (QED) is 0.592. The fourth-order valence-corrected chi connectivity index (χ4v) is 3.54. The first-order valence-electron chi connectivity index (χ1n) is 9.84. The second kappa shape index (κ2) is 10.2. The Balaban J connectivity index is 1.57. The molecule has 0 bridgehead atoms. The molecule has 2 fully saturated rings. The Hall–Kier alpha value is -1.50. The van der Waals surface area contributed by atoms with Gasteiger partial charge in [0.05, 0.1) is 19.3 Å². The molecule has 1 aromatic carbocycles. The number of hydrogen-bond acceptors (Lipinski definition) is 4. The van der Waals surface area contributed by atoms with E-state index in [2.05, 4.69) is 17.1 Å². The van der Waals surface area contributed by atoms with Crippen LogP contribution in [0.15, 0.2) is 29.3 Å². The zero-order chi connectivity index (χ0) is 19.1. The van der Waals surface area contributed by atoms with Crippen molar-refractivity contribution in [2.45, 2.75) is 45.0 Å². The van der Waals surface area contributed by atoms with Gasteiger partial charge in [0.25, 0.3) is 0 Å². The van der Waals surface area contributed by atoms with E-state index in [4.69, 9.17) is 30.8 Å². The lowest BCUT2D eigenvalue weighted by Gasteiger charge is -2.37. The highest BCUT2D eigenvalue weighted by molar-refractivity contribution is 6.30. The predicted octanol–water partition coefficient (Wildman–Crippen LogP) is 2.95. The van der Waals surface area contributed by atoms with Gasteiger partial charge in [0.2, 0.25) is 0 Å². The van der Waals surface area contributed by atoms with E-state index < -0.39 is 0 Å². The molecule has 3 unspecified atom stereocenters. The second-order valence-electron chi connectivity index (χ2n) is 6.98. The van der Waals surface area contributed by atoms with Gasteiger partial charge in [-0.15, -0.1) is 0 Å². The molecule has 0 spiro atoms. The number of ether oxygens (including phenoxy) is 3. The normalized spacial score (nSPS) is 24.7. The fourth-order valence-electron chi connectivity index (χ4n) is 3.41. The SMILES string of the molecule is CCNC(=NCC(C)Oc1ccc(Cl)cc1)N1CCOC(C2CCCO2)C1. The van der Waals surface area contributed by atoms with E-state index in [0.29, 0.717) is 18.2 Å². The van der Waals surface area contributed by atoms with Crippen LogP contribution >= 0.6 is 11.6 Å². The largest absolute Gasteiger partial charge is 0.489 e. The number of halogens is 1. The molecule has 2 heterocycles. The highest BCUT2D eigenvalue weighted by atomic mass is 35.5. The molecule has 1 N–H and O–H groups in total. The summed E-state index contributed by atoms with van der Waals surface area (Å²) in [6.45, 7) is 8.70. The number of hydrogen-bond donors (Lipinski definition) is 1. The number of nitrogens with zero attached hydrogens (tertiary/aromatic N) is 2. The molecule has 1 aromatic rings. The number of nitrogens with one attached hydrogen (secondary N) is 1. The summed E-state index contributed by atoms with van der Waals surface area (Å²) in [5.74, 6) is 1.72. The number of rotatable bonds is 6. The monoisotopic (exact) mass is 395 g/mol. The zero-order valence-electron chi connectivity index (χ0n) is 16.2. The van der Waals surface area contributed by atoms with E-state index in [0.717, 1.165) is 50.8 Å². The van der Waals surface area contributed by atoms with Gasteiger partial charge in [0, 0.05) is 31.3 Å². The molecule has 0 radical (unpaired) electrons. The molecule has 27 heavy (non-hydrogen) atoms. The molecule has 3 rings (SSSR count). The Labute approximate surface area is 166 Å². The molecule has 2 saturated heterocycles. The third-order valence-electron chi connectivity index (χ3n) is 4.76. The maximum atomic E-state index is 5.95. The first-order chi connectivity index (χ1) is 13.2. The van der Waals surface area contributed by atoms with Crippen molar-refractivity contribution in [1.82, 2.24) is 10.2 Å². The first kappa shape index (κ1) is 20.2. The van der Waals surface area contributed by atoms with Crippen molar-refractivity contribution in [3.63, 3.8) is 0 Å². The van der Waals surface area contributed by atoms with Crippen LogP contribution in [0.5, 0.6) is 5.75 Å². The van der Waals surface area contributed by atoms with Crippen LogP contribution in [0.3, 0.4) is 0 Å². The summed E-state index contributed by atoms with van der Waals surface area (Å²) in [4.78, 5) is 7.07. The van der Waals surface area contributed by atoms with Crippen molar-refractivity contribution >= 4 is 17.6 Å². The van der Waals surface area contributed by atoms with Gasteiger partial charge in [-0.1, -0.05) is 11.6 Å². The first-order valence-corrected chi connectivity index (χ1v) is 10.2. The minimum Gasteiger partial charge on any atom is -0.489 e. The minimum atomic E-state index is -0.0326. The number of guanidine groups is 1. The average Bonchev–Trinajstić information content (AvgIpc) is 3.22. The maximum Gasteiger partial charge on any atom is 0.194 e. The summed E-state index contributed by atoms with van der Waals surface area (Å²) in [6.07, 6.45) is 2.50. The van der Waals surface area contributed by atoms with E-state index in [1.165, 1.54) is 0 Å². The van der Waals surface area contributed by atoms with Crippen LogP contribution in [-0.2, 0) is 9.47 Å². The Morgan fingerprint density at radius 3 is 2.78 bits per heavy atom. The minimum absolute atomic E-state index is 0.0326. The lowest BCUT2D eigenvalue weighted by atomic mass is 10.1. The molecular weight excluding hydrogens is 366 g/mol. The molecule has 0 saturated carbocycles. The molecule has 2 aliphatic rings.